The van der Waals surface area contributed by atoms with Gasteiger partial charge in [0, 0.05) is 24.0 Å². The van der Waals surface area contributed by atoms with Crippen LogP contribution >= 0.6 is 0 Å². The molecule has 0 heterocycles. The summed E-state index contributed by atoms with van der Waals surface area (Å²) in [4.78, 5) is 12.5. The first-order valence-electron chi connectivity index (χ1n) is 7.25. The number of benzene rings is 2. The van der Waals surface area contributed by atoms with Crippen LogP contribution in [0.1, 0.15) is 34.0 Å². The van der Waals surface area contributed by atoms with Crippen LogP contribution in [0.25, 0.3) is 0 Å². The summed E-state index contributed by atoms with van der Waals surface area (Å²) in [7, 11) is 1.88. The molecule has 0 aliphatic rings. The second kappa shape index (κ2) is 6.44. The van der Waals surface area contributed by atoms with Crippen LogP contribution < -0.4 is 10.6 Å². The minimum Gasteiger partial charge on any atom is -0.388 e. The number of hydrogen-bond acceptors (Lipinski definition) is 2. The monoisotopic (exact) mass is 282 g/mol. The van der Waals surface area contributed by atoms with E-state index in [1.807, 2.05) is 51.2 Å². The van der Waals surface area contributed by atoms with Crippen molar-refractivity contribution in [3.63, 3.8) is 0 Å². The molecule has 2 rings (SSSR count). The molecule has 0 bridgehead atoms. The van der Waals surface area contributed by atoms with Crippen LogP contribution in [0.15, 0.2) is 36.4 Å². The molecule has 0 aromatic heterocycles. The van der Waals surface area contributed by atoms with E-state index in [0.29, 0.717) is 5.56 Å². The first-order valence-corrected chi connectivity index (χ1v) is 7.25. The first-order chi connectivity index (χ1) is 10.1. The van der Waals surface area contributed by atoms with Crippen molar-refractivity contribution in [2.24, 2.45) is 0 Å². The smallest absolute Gasteiger partial charge is 0.255 e. The molecule has 2 N–H and O–H groups in total. The molecule has 0 saturated carbocycles. The van der Waals surface area contributed by atoms with Crippen LogP contribution in [-0.2, 0) is 6.42 Å². The molecule has 0 aliphatic heterocycles. The maximum atomic E-state index is 12.5. The lowest BCUT2D eigenvalue weighted by Crippen LogP contribution is -2.14. The lowest BCUT2D eigenvalue weighted by molar-refractivity contribution is 0.102. The van der Waals surface area contributed by atoms with Crippen molar-refractivity contribution >= 4 is 17.3 Å². The lowest BCUT2D eigenvalue weighted by atomic mass is 10.0. The van der Waals surface area contributed by atoms with Crippen LogP contribution in [0.2, 0.25) is 0 Å². The van der Waals surface area contributed by atoms with Gasteiger partial charge >= 0.3 is 0 Å². The van der Waals surface area contributed by atoms with Gasteiger partial charge in [-0.25, -0.2) is 0 Å². The highest BCUT2D eigenvalue weighted by Crippen LogP contribution is 2.23. The van der Waals surface area contributed by atoms with E-state index in [2.05, 4.69) is 23.6 Å². The third kappa shape index (κ3) is 3.24. The molecule has 0 saturated heterocycles. The molecule has 0 fully saturated rings. The fourth-order valence-corrected chi connectivity index (χ4v) is 2.47. The van der Waals surface area contributed by atoms with Gasteiger partial charge in [0.05, 0.1) is 0 Å². The molecule has 21 heavy (non-hydrogen) atoms. The number of anilines is 2. The van der Waals surface area contributed by atoms with Crippen LogP contribution in [0.5, 0.6) is 0 Å². The Kier molecular flexibility index (Phi) is 4.63. The van der Waals surface area contributed by atoms with Crippen molar-refractivity contribution < 1.29 is 4.79 Å². The van der Waals surface area contributed by atoms with Gasteiger partial charge in [-0.05, 0) is 55.2 Å². The van der Waals surface area contributed by atoms with E-state index in [1.54, 1.807) is 0 Å². The molecule has 3 heteroatoms. The number of aryl methyl sites for hydroxylation is 3. The number of carbonyl (C=O) groups is 1. The van der Waals surface area contributed by atoms with Crippen LogP contribution in [-0.4, -0.2) is 13.0 Å². The molecule has 3 nitrogen and oxygen atoms in total. The second-order valence-corrected chi connectivity index (χ2v) is 5.20. The highest BCUT2D eigenvalue weighted by molar-refractivity contribution is 6.05. The van der Waals surface area contributed by atoms with Crippen molar-refractivity contribution in [2.45, 2.75) is 27.2 Å². The van der Waals surface area contributed by atoms with Gasteiger partial charge in [-0.1, -0.05) is 25.1 Å². The van der Waals surface area contributed by atoms with E-state index < -0.39 is 0 Å². The molecular weight excluding hydrogens is 260 g/mol. The Balaban J connectivity index is 2.28. The van der Waals surface area contributed by atoms with E-state index in [4.69, 9.17) is 0 Å². The van der Waals surface area contributed by atoms with E-state index in [0.717, 1.165) is 34.5 Å². The predicted octanol–water partition coefficient (Wildman–Crippen LogP) is 4.16. The largest absolute Gasteiger partial charge is 0.388 e. The summed E-state index contributed by atoms with van der Waals surface area (Å²) < 4.78 is 0. The van der Waals surface area contributed by atoms with Crippen LogP contribution in [0.4, 0.5) is 11.4 Å². The summed E-state index contributed by atoms with van der Waals surface area (Å²) in [6, 6.07) is 11.8. The average Bonchev–Trinajstić information content (AvgIpc) is 2.49. The highest BCUT2D eigenvalue weighted by Gasteiger charge is 2.11. The van der Waals surface area contributed by atoms with Crippen molar-refractivity contribution in [2.75, 3.05) is 17.7 Å². The zero-order chi connectivity index (χ0) is 15.4. The number of amides is 1. The third-order valence-electron chi connectivity index (χ3n) is 3.74. The van der Waals surface area contributed by atoms with E-state index in [-0.39, 0.29) is 5.91 Å². The molecule has 0 unspecified atom stereocenters. The van der Waals surface area contributed by atoms with Gasteiger partial charge in [-0.2, -0.15) is 0 Å². The Bertz CT molecular complexity index is 662. The zero-order valence-electron chi connectivity index (χ0n) is 13.1. The van der Waals surface area contributed by atoms with Gasteiger partial charge in [-0.3, -0.25) is 4.79 Å². The van der Waals surface area contributed by atoms with Gasteiger partial charge in [0.15, 0.2) is 0 Å². The normalized spacial score (nSPS) is 10.3. The van der Waals surface area contributed by atoms with Crippen LogP contribution in [0.3, 0.4) is 0 Å². The number of carbonyl (C=O) groups excluding carboxylic acids is 1. The minimum atomic E-state index is -0.0650. The van der Waals surface area contributed by atoms with Gasteiger partial charge in [0.25, 0.3) is 5.91 Å². The Morgan fingerprint density at radius 2 is 1.86 bits per heavy atom. The Morgan fingerprint density at radius 1 is 1.10 bits per heavy atom. The number of rotatable bonds is 4. The molecule has 1 amide bonds. The first kappa shape index (κ1) is 15.1. The van der Waals surface area contributed by atoms with Gasteiger partial charge < -0.3 is 10.6 Å². The second-order valence-electron chi connectivity index (χ2n) is 5.20. The summed E-state index contributed by atoms with van der Waals surface area (Å²) in [6.07, 6.45) is 0.898. The summed E-state index contributed by atoms with van der Waals surface area (Å²) in [5, 5.41) is 6.16. The summed E-state index contributed by atoms with van der Waals surface area (Å²) in [5.74, 6) is -0.0650. The van der Waals surface area contributed by atoms with Gasteiger partial charge in [0.2, 0.25) is 0 Å². The van der Waals surface area contributed by atoms with Crippen molar-refractivity contribution in [1.82, 2.24) is 0 Å². The van der Waals surface area contributed by atoms with Gasteiger partial charge in [-0.15, -0.1) is 0 Å². The highest BCUT2D eigenvalue weighted by atomic mass is 16.1. The van der Waals surface area contributed by atoms with E-state index >= 15 is 0 Å². The predicted molar refractivity (Wildman–Crippen MR) is 89.2 cm³/mol. The number of nitrogens with one attached hydrogen (secondary N) is 2. The summed E-state index contributed by atoms with van der Waals surface area (Å²) >= 11 is 0. The lowest BCUT2D eigenvalue weighted by Gasteiger charge is -2.14. The molecule has 0 atom stereocenters. The fourth-order valence-electron chi connectivity index (χ4n) is 2.47. The molecule has 0 radical (unpaired) electrons. The number of para-hydroxylation sites is 1. The standard InChI is InChI=1S/C18H22N2O/c1-5-14-8-6-7-12(2)17(14)20-18(21)15-9-10-16(19-4)13(3)11-15/h6-11,19H,5H2,1-4H3,(H,20,21). The maximum Gasteiger partial charge on any atom is 0.255 e. The summed E-state index contributed by atoms with van der Waals surface area (Å²) in [6.45, 7) is 6.11. The SMILES string of the molecule is CCc1cccc(C)c1NC(=O)c1ccc(NC)c(C)c1. The topological polar surface area (TPSA) is 41.1 Å². The van der Waals surface area contributed by atoms with Gasteiger partial charge in [0.1, 0.15) is 0 Å². The molecule has 2 aromatic carbocycles. The Labute approximate surface area is 126 Å². The number of hydrogen-bond donors (Lipinski definition) is 2. The zero-order valence-corrected chi connectivity index (χ0v) is 13.1. The minimum absolute atomic E-state index is 0.0650. The molecule has 110 valence electrons. The van der Waals surface area contributed by atoms with Crippen molar-refractivity contribution in [3.05, 3.63) is 58.7 Å². The maximum absolute atomic E-state index is 12.5. The molecule has 0 aliphatic carbocycles. The Hall–Kier alpha value is -2.29. The molecule has 2 aromatic rings. The summed E-state index contributed by atoms with van der Waals surface area (Å²) in [5.41, 5.74) is 5.96. The quantitative estimate of drug-likeness (QED) is 0.884. The van der Waals surface area contributed by atoms with Crippen molar-refractivity contribution in [3.8, 4) is 0 Å². The van der Waals surface area contributed by atoms with Crippen molar-refractivity contribution in [1.29, 1.82) is 0 Å². The third-order valence-corrected chi connectivity index (χ3v) is 3.74. The molecule has 0 spiro atoms. The van der Waals surface area contributed by atoms with E-state index in [9.17, 15) is 4.79 Å². The Morgan fingerprint density at radius 3 is 2.48 bits per heavy atom. The fraction of sp³-hybridized carbons (Fsp3) is 0.278. The average molecular weight is 282 g/mol. The molecular formula is C18H22N2O. The van der Waals surface area contributed by atoms with Crippen LogP contribution in [0, 0.1) is 13.8 Å². The van der Waals surface area contributed by atoms with E-state index in [1.165, 1.54) is 0 Å².